The molecule has 1 aliphatic carbocycles. The van der Waals surface area contributed by atoms with Crippen molar-refractivity contribution in [3.8, 4) is 5.75 Å². The Morgan fingerprint density at radius 3 is 2.22 bits per heavy atom. The molecule has 0 aliphatic heterocycles. The van der Waals surface area contributed by atoms with Crippen LogP contribution < -0.4 is 4.74 Å². The average Bonchev–Trinajstić information content (AvgIpc) is 2.81. The highest BCUT2D eigenvalue weighted by Gasteiger charge is 2.43. The third-order valence-electron chi connectivity index (χ3n) is 6.90. The van der Waals surface area contributed by atoms with Crippen molar-refractivity contribution < 1.29 is 23.8 Å². The largest absolute Gasteiger partial charge is 0.494 e. The van der Waals surface area contributed by atoms with E-state index in [1.165, 1.54) is 19.3 Å². The smallest absolute Gasteiger partial charge is 0.338 e. The monoisotopic (exact) mass is 496 g/mol. The molecule has 1 aliphatic rings. The number of carbonyl (C=O) groups excluding carboxylic acids is 2. The maximum atomic E-state index is 13.0. The van der Waals surface area contributed by atoms with E-state index in [1.54, 1.807) is 25.3 Å². The lowest BCUT2D eigenvalue weighted by Crippen LogP contribution is -2.40. The van der Waals surface area contributed by atoms with Crippen molar-refractivity contribution in [3.63, 3.8) is 0 Å². The van der Waals surface area contributed by atoms with Crippen LogP contribution in [0.15, 0.2) is 58.7 Å². The summed E-state index contributed by atoms with van der Waals surface area (Å²) in [7, 11) is 1.63. The van der Waals surface area contributed by atoms with E-state index in [9.17, 15) is 9.59 Å². The van der Waals surface area contributed by atoms with Crippen LogP contribution in [0.2, 0.25) is 0 Å². The highest BCUT2D eigenvalue weighted by molar-refractivity contribution is 6.04. The van der Waals surface area contributed by atoms with Crippen molar-refractivity contribution in [2.24, 2.45) is 5.41 Å². The Morgan fingerprint density at radius 2 is 1.67 bits per heavy atom. The van der Waals surface area contributed by atoms with Gasteiger partial charge in [-0.1, -0.05) is 37.8 Å². The Balaban J connectivity index is 2.21. The number of benzene rings is 1. The lowest BCUT2D eigenvalue weighted by atomic mass is 9.67. The zero-order valence-electron chi connectivity index (χ0n) is 23.6. The first kappa shape index (κ1) is 29.6. The molecule has 0 amide bonds. The lowest BCUT2D eigenvalue weighted by Gasteiger charge is -2.42. The summed E-state index contributed by atoms with van der Waals surface area (Å²) < 4.78 is 17.3. The second-order valence-corrected chi connectivity index (χ2v) is 10.8. The summed E-state index contributed by atoms with van der Waals surface area (Å²) in [5.41, 5.74) is 2.59. The van der Waals surface area contributed by atoms with Crippen LogP contribution in [0.4, 0.5) is 0 Å². The fourth-order valence-corrected chi connectivity index (χ4v) is 4.72. The number of carbonyl (C=O) groups is 2. The molecule has 1 aromatic carbocycles. The molecule has 2 rings (SSSR count). The third kappa shape index (κ3) is 7.19. The molecule has 2 atom stereocenters. The molecule has 0 saturated heterocycles. The number of hydrogen-bond donors (Lipinski definition) is 0. The van der Waals surface area contributed by atoms with Crippen molar-refractivity contribution in [2.75, 3.05) is 13.7 Å². The second-order valence-electron chi connectivity index (χ2n) is 10.8. The normalized spacial score (nSPS) is 20.8. The number of methoxy groups -OCH3 is 1. The van der Waals surface area contributed by atoms with E-state index in [0.717, 1.165) is 28.9 Å². The molecule has 0 N–H and O–H groups in total. The van der Waals surface area contributed by atoms with Gasteiger partial charge in [0, 0.05) is 18.1 Å². The molecule has 0 spiro atoms. The molecule has 2 unspecified atom stereocenters. The second kappa shape index (κ2) is 12.5. The predicted octanol–water partition coefficient (Wildman–Crippen LogP) is 7.41. The molecule has 36 heavy (non-hydrogen) atoms. The fourth-order valence-electron chi connectivity index (χ4n) is 4.72. The van der Waals surface area contributed by atoms with E-state index in [-0.39, 0.29) is 11.8 Å². The van der Waals surface area contributed by atoms with Gasteiger partial charge in [-0.2, -0.15) is 0 Å². The molecule has 1 aromatic rings. The molecular formula is C31H44O5. The number of allylic oxidation sites excluding steroid dienone is 1. The van der Waals surface area contributed by atoms with Gasteiger partial charge >= 0.3 is 5.97 Å². The van der Waals surface area contributed by atoms with Crippen molar-refractivity contribution >= 4 is 11.8 Å². The van der Waals surface area contributed by atoms with Crippen LogP contribution >= 0.6 is 0 Å². The third-order valence-corrected chi connectivity index (χ3v) is 6.90. The zero-order chi connectivity index (χ0) is 27.1. The van der Waals surface area contributed by atoms with Crippen molar-refractivity contribution in [1.82, 2.24) is 0 Å². The topological polar surface area (TPSA) is 61.8 Å². The molecule has 0 heterocycles. The first-order valence-electron chi connectivity index (χ1n) is 13.0. The summed E-state index contributed by atoms with van der Waals surface area (Å²) in [6.07, 6.45) is 7.72. The van der Waals surface area contributed by atoms with E-state index in [0.29, 0.717) is 17.7 Å². The minimum absolute atomic E-state index is 0.0920. The molecule has 198 valence electrons. The molecule has 0 saturated carbocycles. The number of hydrogen-bond acceptors (Lipinski definition) is 5. The first-order valence-corrected chi connectivity index (χ1v) is 13.0. The van der Waals surface area contributed by atoms with Gasteiger partial charge in [0.15, 0.2) is 5.78 Å². The highest BCUT2D eigenvalue weighted by atomic mass is 16.6. The molecule has 0 radical (unpaired) electrons. The van der Waals surface area contributed by atoms with Crippen molar-refractivity contribution in [2.45, 2.75) is 92.8 Å². The van der Waals surface area contributed by atoms with Crippen LogP contribution in [0.1, 0.15) is 91.4 Å². The van der Waals surface area contributed by atoms with Gasteiger partial charge in [0.05, 0.1) is 18.3 Å². The minimum atomic E-state index is -0.593. The first-order chi connectivity index (χ1) is 16.9. The quantitative estimate of drug-likeness (QED) is 0.138. The van der Waals surface area contributed by atoms with Gasteiger partial charge in [-0.25, -0.2) is 4.79 Å². The Hall–Kier alpha value is -2.66. The molecule has 0 aromatic heterocycles. The van der Waals surface area contributed by atoms with Crippen LogP contribution in [0.25, 0.3) is 0 Å². The summed E-state index contributed by atoms with van der Waals surface area (Å²) in [6, 6.07) is 7.28. The summed E-state index contributed by atoms with van der Waals surface area (Å²) in [5.74, 6) is 0.329. The Kier molecular flexibility index (Phi) is 10.3. The zero-order valence-corrected chi connectivity index (χ0v) is 23.6. The van der Waals surface area contributed by atoms with Gasteiger partial charge in [-0.3, -0.25) is 4.79 Å². The number of rotatable bonds is 11. The summed E-state index contributed by atoms with van der Waals surface area (Å²) in [5, 5.41) is 0. The number of ether oxygens (including phenoxy) is 3. The van der Waals surface area contributed by atoms with E-state index in [4.69, 9.17) is 14.2 Å². The Bertz CT molecular complexity index is 1020. The summed E-state index contributed by atoms with van der Waals surface area (Å²) >= 11 is 0. The van der Waals surface area contributed by atoms with Gasteiger partial charge in [0.1, 0.15) is 11.4 Å². The van der Waals surface area contributed by atoms with Crippen LogP contribution in [-0.2, 0) is 14.3 Å². The van der Waals surface area contributed by atoms with Crippen molar-refractivity contribution in [1.29, 1.82) is 0 Å². The van der Waals surface area contributed by atoms with E-state index >= 15 is 0 Å². The standard InChI is InChI=1S/C31H44O5/c1-10-11-12-13-20-35-25-16-14-24(15-17-25)26(32)18-19-31(8)23(4)21(2)27(22(3)28(31)34-9)29(33)36-30(5,6)7/h14-19,28H,10-13,20H2,1-9H3. The van der Waals surface area contributed by atoms with Crippen LogP contribution in [0.5, 0.6) is 5.75 Å². The Labute approximate surface area is 217 Å². The number of ketones is 1. The minimum Gasteiger partial charge on any atom is -0.494 e. The molecule has 5 heteroatoms. The van der Waals surface area contributed by atoms with Crippen molar-refractivity contribution in [3.05, 3.63) is 64.3 Å². The Morgan fingerprint density at radius 1 is 1.03 bits per heavy atom. The van der Waals surface area contributed by atoms with Crippen LogP contribution in [-0.4, -0.2) is 37.2 Å². The van der Waals surface area contributed by atoms with Gasteiger partial charge in [-0.15, -0.1) is 0 Å². The molecule has 0 fully saturated rings. The van der Waals surface area contributed by atoms with E-state index in [2.05, 4.69) is 6.92 Å². The van der Waals surface area contributed by atoms with E-state index in [1.807, 2.05) is 66.7 Å². The van der Waals surface area contributed by atoms with Crippen LogP contribution in [0.3, 0.4) is 0 Å². The molecular weight excluding hydrogens is 452 g/mol. The van der Waals surface area contributed by atoms with Gasteiger partial charge in [0.2, 0.25) is 0 Å². The van der Waals surface area contributed by atoms with Crippen LogP contribution in [0, 0.1) is 5.41 Å². The van der Waals surface area contributed by atoms with Gasteiger partial charge in [-0.05, 0) is 96.4 Å². The van der Waals surface area contributed by atoms with Gasteiger partial charge in [0.25, 0.3) is 0 Å². The lowest BCUT2D eigenvalue weighted by molar-refractivity contribution is -0.149. The summed E-state index contributed by atoms with van der Waals surface area (Å²) in [4.78, 5) is 26.0. The van der Waals surface area contributed by atoms with E-state index < -0.39 is 17.1 Å². The fraction of sp³-hybridized carbons (Fsp3) is 0.548. The molecule has 5 nitrogen and oxygen atoms in total. The van der Waals surface area contributed by atoms with Gasteiger partial charge < -0.3 is 14.2 Å². The SMILES string of the molecule is CCCCCCOc1ccc(C(=O)C=CC2(C)C(C)=C(C)C(C(=O)OC(C)(C)C)=C(C)C2OC)cc1. The number of esters is 1. The maximum Gasteiger partial charge on any atom is 0.338 e. The molecule has 0 bridgehead atoms. The summed E-state index contributed by atoms with van der Waals surface area (Å²) in [6.45, 7) is 16.3. The average molecular weight is 497 g/mol. The predicted molar refractivity (Wildman–Crippen MR) is 145 cm³/mol. The number of unbranched alkanes of at least 4 members (excludes halogenated alkanes) is 3. The highest BCUT2D eigenvalue weighted by Crippen LogP contribution is 2.46. The maximum absolute atomic E-state index is 13.0.